The normalized spacial score (nSPS) is 15.1. The number of rotatable bonds is 8. The molecule has 7 nitrogen and oxygen atoms in total. The first-order chi connectivity index (χ1) is 17.1. The largest absolute Gasteiger partial charge is 0.497 e. The highest BCUT2D eigenvalue weighted by atomic mass is 32.1. The maximum Gasteiger partial charge on any atom is 0.251 e. The van der Waals surface area contributed by atoms with Crippen LogP contribution in [0.25, 0.3) is 20.3 Å². The predicted octanol–water partition coefficient (Wildman–Crippen LogP) is 3.90. The van der Waals surface area contributed by atoms with Crippen molar-refractivity contribution in [2.45, 2.75) is 32.0 Å². The smallest absolute Gasteiger partial charge is 0.251 e. The van der Waals surface area contributed by atoms with Crippen molar-refractivity contribution in [1.29, 1.82) is 0 Å². The van der Waals surface area contributed by atoms with Gasteiger partial charge in [0.25, 0.3) is 11.5 Å². The summed E-state index contributed by atoms with van der Waals surface area (Å²) in [6.07, 6.45) is 2.19. The number of ether oxygens (including phenoxy) is 1. The van der Waals surface area contributed by atoms with E-state index >= 15 is 0 Å². The molecule has 0 atom stereocenters. The Morgan fingerprint density at radius 1 is 1.11 bits per heavy atom. The van der Waals surface area contributed by atoms with Crippen LogP contribution >= 0.6 is 22.7 Å². The second-order valence-electron chi connectivity index (χ2n) is 8.87. The molecular formula is C26H30N4O3S2. The number of pyridine rings is 1. The first-order valence-corrected chi connectivity index (χ1v) is 13.6. The van der Waals surface area contributed by atoms with E-state index in [2.05, 4.69) is 33.0 Å². The number of thiophene rings is 2. The molecule has 4 heterocycles. The number of amides is 1. The van der Waals surface area contributed by atoms with Crippen molar-refractivity contribution in [1.82, 2.24) is 20.1 Å². The molecule has 9 heteroatoms. The van der Waals surface area contributed by atoms with E-state index in [0.717, 1.165) is 49.9 Å². The van der Waals surface area contributed by atoms with Crippen LogP contribution in [-0.4, -0.2) is 55.2 Å². The van der Waals surface area contributed by atoms with Gasteiger partial charge < -0.3 is 24.8 Å². The Balaban J connectivity index is 1.22. The molecule has 2 N–H and O–H groups in total. The third-order valence-corrected chi connectivity index (χ3v) is 8.87. The number of nitrogens with zero attached hydrogens (tertiary/aromatic N) is 2. The summed E-state index contributed by atoms with van der Waals surface area (Å²) in [6.45, 7) is 4.30. The molecule has 1 amide bonds. The highest BCUT2D eigenvalue weighted by Gasteiger charge is 2.20. The van der Waals surface area contributed by atoms with Crippen LogP contribution < -0.4 is 20.9 Å². The van der Waals surface area contributed by atoms with E-state index in [1.807, 2.05) is 29.5 Å². The topological polar surface area (TPSA) is 75.6 Å². The molecule has 0 saturated carbocycles. The lowest BCUT2D eigenvalue weighted by Gasteiger charge is -2.32. The minimum absolute atomic E-state index is 0.170. The summed E-state index contributed by atoms with van der Waals surface area (Å²) in [7, 11) is 3.18. The number of aromatic nitrogens is 1. The van der Waals surface area contributed by atoms with Crippen LogP contribution in [0.1, 0.15) is 28.1 Å². The van der Waals surface area contributed by atoms with Gasteiger partial charge >= 0.3 is 0 Å². The molecule has 1 fully saturated rings. The number of piperidine rings is 1. The predicted molar refractivity (Wildman–Crippen MR) is 144 cm³/mol. The second kappa shape index (κ2) is 10.5. The number of likely N-dealkylation sites (tertiary alicyclic amines) is 1. The number of carbonyl (C=O) groups excluding carboxylic acids is 1. The molecule has 0 radical (unpaired) electrons. The van der Waals surface area contributed by atoms with Gasteiger partial charge in [-0.1, -0.05) is 0 Å². The lowest BCUT2D eigenvalue weighted by molar-refractivity contribution is 0.0964. The standard InChI is InChI=1S/C26H30N4O3S2/c1-27-26(32)21-15-25(31)30(22-13-18(33-2)3-4-20(21)22)11-10-29-8-5-17(6-9-29)28-16-19-14-24-23(35-19)7-12-34-24/h3-4,7,12-15,17,28H,5-6,8-11,16H2,1-2H3,(H,27,32). The van der Waals surface area contributed by atoms with Gasteiger partial charge in [0, 0.05) is 64.5 Å². The summed E-state index contributed by atoms with van der Waals surface area (Å²) in [6, 6.07) is 12.0. The van der Waals surface area contributed by atoms with Gasteiger partial charge in [-0.2, -0.15) is 0 Å². The van der Waals surface area contributed by atoms with E-state index in [1.165, 1.54) is 20.3 Å². The highest BCUT2D eigenvalue weighted by molar-refractivity contribution is 7.26. The maximum absolute atomic E-state index is 13.0. The second-order valence-corrected chi connectivity index (χ2v) is 11.0. The molecule has 3 aromatic heterocycles. The van der Waals surface area contributed by atoms with Crippen molar-refractivity contribution in [2.24, 2.45) is 0 Å². The lowest BCUT2D eigenvalue weighted by Crippen LogP contribution is -2.43. The molecule has 5 rings (SSSR count). The molecule has 0 spiro atoms. The number of hydrogen-bond acceptors (Lipinski definition) is 7. The van der Waals surface area contributed by atoms with Crippen molar-refractivity contribution in [3.63, 3.8) is 0 Å². The number of benzene rings is 1. The van der Waals surface area contributed by atoms with Gasteiger partial charge in [0.1, 0.15) is 5.75 Å². The maximum atomic E-state index is 13.0. The van der Waals surface area contributed by atoms with Crippen LogP contribution in [0.5, 0.6) is 5.75 Å². The molecular weight excluding hydrogens is 480 g/mol. The fourth-order valence-corrected chi connectivity index (χ4v) is 6.88. The van der Waals surface area contributed by atoms with Crippen molar-refractivity contribution in [2.75, 3.05) is 33.8 Å². The van der Waals surface area contributed by atoms with Gasteiger partial charge in [-0.15, -0.1) is 22.7 Å². The SMILES string of the molecule is CNC(=O)c1cc(=O)n(CCN2CCC(NCc3cc4sccc4s3)CC2)c2cc(OC)ccc12. The van der Waals surface area contributed by atoms with E-state index in [-0.39, 0.29) is 11.5 Å². The Morgan fingerprint density at radius 2 is 1.94 bits per heavy atom. The van der Waals surface area contributed by atoms with E-state index < -0.39 is 0 Å². The molecule has 184 valence electrons. The minimum Gasteiger partial charge on any atom is -0.497 e. The summed E-state index contributed by atoms with van der Waals surface area (Å²) in [5, 5.41) is 9.27. The highest BCUT2D eigenvalue weighted by Crippen LogP contribution is 2.30. The summed E-state index contributed by atoms with van der Waals surface area (Å²) in [4.78, 5) is 29.2. The van der Waals surface area contributed by atoms with Gasteiger partial charge in [-0.05, 0) is 55.6 Å². The van der Waals surface area contributed by atoms with E-state index in [9.17, 15) is 9.59 Å². The van der Waals surface area contributed by atoms with Gasteiger partial charge in [0.15, 0.2) is 0 Å². The molecule has 4 aromatic rings. The van der Waals surface area contributed by atoms with Gasteiger partial charge in [-0.25, -0.2) is 0 Å². The third kappa shape index (κ3) is 5.13. The molecule has 0 aliphatic carbocycles. The van der Waals surface area contributed by atoms with Crippen molar-refractivity contribution in [3.05, 3.63) is 62.6 Å². The number of fused-ring (bicyclic) bond motifs is 2. The van der Waals surface area contributed by atoms with Crippen LogP contribution in [0.2, 0.25) is 0 Å². The van der Waals surface area contributed by atoms with Crippen molar-refractivity contribution < 1.29 is 9.53 Å². The Morgan fingerprint density at radius 3 is 2.69 bits per heavy atom. The van der Waals surface area contributed by atoms with Crippen LogP contribution in [-0.2, 0) is 13.1 Å². The van der Waals surface area contributed by atoms with E-state index in [0.29, 0.717) is 23.9 Å². The minimum atomic E-state index is -0.263. The molecule has 0 unspecified atom stereocenters. The quantitative estimate of drug-likeness (QED) is 0.376. The molecule has 1 aliphatic rings. The first-order valence-electron chi connectivity index (χ1n) is 11.9. The molecule has 1 saturated heterocycles. The van der Waals surface area contributed by atoms with Gasteiger partial charge in [0.05, 0.1) is 18.2 Å². The fraction of sp³-hybridized carbons (Fsp3) is 0.385. The monoisotopic (exact) mass is 510 g/mol. The molecule has 1 aromatic carbocycles. The number of carbonyl (C=O) groups is 1. The summed E-state index contributed by atoms with van der Waals surface area (Å²) < 4.78 is 9.91. The summed E-state index contributed by atoms with van der Waals surface area (Å²) in [5.41, 5.74) is 0.948. The van der Waals surface area contributed by atoms with Gasteiger partial charge in [0.2, 0.25) is 0 Å². The van der Waals surface area contributed by atoms with E-state index in [4.69, 9.17) is 4.74 Å². The lowest BCUT2D eigenvalue weighted by atomic mass is 10.0. The van der Waals surface area contributed by atoms with Crippen LogP contribution in [0.15, 0.2) is 46.6 Å². The average molecular weight is 511 g/mol. The zero-order valence-electron chi connectivity index (χ0n) is 20.0. The van der Waals surface area contributed by atoms with Crippen molar-refractivity contribution >= 4 is 48.9 Å². The Hall–Kier alpha value is -2.72. The number of nitrogens with one attached hydrogen (secondary N) is 2. The third-order valence-electron chi connectivity index (χ3n) is 6.77. The summed E-state index contributed by atoms with van der Waals surface area (Å²) in [5.74, 6) is 0.401. The van der Waals surface area contributed by atoms with Crippen LogP contribution in [0.4, 0.5) is 0 Å². The molecule has 35 heavy (non-hydrogen) atoms. The summed E-state index contributed by atoms with van der Waals surface area (Å²) >= 11 is 3.68. The zero-order valence-corrected chi connectivity index (χ0v) is 21.6. The first kappa shape index (κ1) is 24.0. The molecule has 0 bridgehead atoms. The van der Waals surface area contributed by atoms with E-state index in [1.54, 1.807) is 30.1 Å². The number of methoxy groups -OCH3 is 1. The van der Waals surface area contributed by atoms with Gasteiger partial charge in [-0.3, -0.25) is 9.59 Å². The Labute approximate surface area is 212 Å². The average Bonchev–Trinajstić information content (AvgIpc) is 3.48. The Bertz CT molecular complexity index is 1370. The zero-order chi connectivity index (χ0) is 24.4. The Kier molecular flexibility index (Phi) is 7.19. The molecule has 1 aliphatic heterocycles. The number of hydrogen-bond donors (Lipinski definition) is 2. The van der Waals surface area contributed by atoms with Crippen molar-refractivity contribution in [3.8, 4) is 5.75 Å². The van der Waals surface area contributed by atoms with Crippen LogP contribution in [0, 0.1) is 0 Å². The van der Waals surface area contributed by atoms with Crippen LogP contribution in [0.3, 0.4) is 0 Å². The fourth-order valence-electron chi connectivity index (χ4n) is 4.79.